The highest BCUT2D eigenvalue weighted by atomic mass is 15.4. The first-order chi connectivity index (χ1) is 8.72. The highest BCUT2D eigenvalue weighted by Gasteiger charge is 2.23. The number of nitrogens with zero attached hydrogens (tertiary/aromatic N) is 4. The SMILES string of the molecule is CN1CCCC(Cc2nc3n(n2)C(N)CCC3)C1. The van der Waals surface area contributed by atoms with Crippen LogP contribution < -0.4 is 5.73 Å². The van der Waals surface area contributed by atoms with Crippen molar-refractivity contribution in [2.45, 2.75) is 44.7 Å². The van der Waals surface area contributed by atoms with Gasteiger partial charge in [-0.05, 0) is 45.2 Å². The Morgan fingerprint density at radius 3 is 3.00 bits per heavy atom. The average molecular weight is 249 g/mol. The van der Waals surface area contributed by atoms with Crippen LogP contribution in [0.15, 0.2) is 0 Å². The van der Waals surface area contributed by atoms with Crippen molar-refractivity contribution in [1.29, 1.82) is 0 Å². The smallest absolute Gasteiger partial charge is 0.151 e. The molecule has 0 radical (unpaired) electrons. The van der Waals surface area contributed by atoms with Gasteiger partial charge < -0.3 is 10.6 Å². The summed E-state index contributed by atoms with van der Waals surface area (Å²) in [5.74, 6) is 2.81. The predicted octanol–water partition coefficient (Wildman–Crippen LogP) is 0.956. The minimum atomic E-state index is 0.0454. The quantitative estimate of drug-likeness (QED) is 0.848. The van der Waals surface area contributed by atoms with Gasteiger partial charge >= 0.3 is 0 Å². The first-order valence-electron chi connectivity index (χ1n) is 7.11. The summed E-state index contributed by atoms with van der Waals surface area (Å²) >= 11 is 0. The molecule has 1 fully saturated rings. The minimum absolute atomic E-state index is 0.0454. The maximum atomic E-state index is 6.07. The van der Waals surface area contributed by atoms with Gasteiger partial charge in [0.2, 0.25) is 0 Å². The third kappa shape index (κ3) is 2.42. The fraction of sp³-hybridized carbons (Fsp3) is 0.846. The van der Waals surface area contributed by atoms with Crippen LogP contribution in [-0.2, 0) is 12.8 Å². The van der Waals surface area contributed by atoms with Gasteiger partial charge in [0.15, 0.2) is 5.82 Å². The van der Waals surface area contributed by atoms with Crippen LogP contribution in [0.4, 0.5) is 0 Å². The van der Waals surface area contributed by atoms with E-state index >= 15 is 0 Å². The molecule has 0 saturated carbocycles. The Morgan fingerprint density at radius 2 is 2.22 bits per heavy atom. The molecule has 1 aromatic rings. The van der Waals surface area contributed by atoms with Crippen LogP contribution in [0.25, 0.3) is 0 Å². The van der Waals surface area contributed by atoms with Gasteiger partial charge in [0.1, 0.15) is 12.0 Å². The second-order valence-electron chi connectivity index (χ2n) is 5.82. The number of fused-ring (bicyclic) bond motifs is 1. The molecule has 2 aliphatic heterocycles. The summed E-state index contributed by atoms with van der Waals surface area (Å²) in [5, 5.41) is 4.61. The van der Waals surface area contributed by atoms with Gasteiger partial charge in [-0.15, -0.1) is 0 Å². The molecule has 2 atom stereocenters. The summed E-state index contributed by atoms with van der Waals surface area (Å²) in [5.41, 5.74) is 6.07. The van der Waals surface area contributed by atoms with Crippen molar-refractivity contribution in [1.82, 2.24) is 19.7 Å². The minimum Gasteiger partial charge on any atom is -0.310 e. The molecule has 0 amide bonds. The number of aromatic nitrogens is 3. The van der Waals surface area contributed by atoms with Crippen LogP contribution in [0.1, 0.15) is 43.5 Å². The van der Waals surface area contributed by atoms with Gasteiger partial charge in [0.25, 0.3) is 0 Å². The lowest BCUT2D eigenvalue weighted by Gasteiger charge is -2.28. The predicted molar refractivity (Wildman–Crippen MR) is 70.1 cm³/mol. The molecule has 100 valence electrons. The number of rotatable bonds is 2. The molecular formula is C13H23N5. The van der Waals surface area contributed by atoms with E-state index in [0.717, 1.165) is 37.3 Å². The summed E-state index contributed by atoms with van der Waals surface area (Å²) in [4.78, 5) is 7.09. The summed E-state index contributed by atoms with van der Waals surface area (Å²) in [7, 11) is 2.20. The zero-order valence-corrected chi connectivity index (χ0v) is 11.2. The molecule has 1 saturated heterocycles. The maximum Gasteiger partial charge on any atom is 0.151 e. The third-order valence-electron chi connectivity index (χ3n) is 4.15. The van der Waals surface area contributed by atoms with Crippen LogP contribution in [0.5, 0.6) is 0 Å². The van der Waals surface area contributed by atoms with Gasteiger partial charge in [0, 0.05) is 19.4 Å². The Hall–Kier alpha value is -0.940. The van der Waals surface area contributed by atoms with E-state index in [1.807, 2.05) is 4.68 Å². The van der Waals surface area contributed by atoms with Crippen LogP contribution in [-0.4, -0.2) is 39.8 Å². The molecule has 5 nitrogen and oxygen atoms in total. The Balaban J connectivity index is 1.69. The fourth-order valence-electron chi connectivity index (χ4n) is 3.22. The van der Waals surface area contributed by atoms with Gasteiger partial charge in [-0.1, -0.05) is 0 Å². The van der Waals surface area contributed by atoms with Crippen LogP contribution in [0.2, 0.25) is 0 Å². The number of piperidine rings is 1. The van der Waals surface area contributed by atoms with Crippen molar-refractivity contribution in [2.75, 3.05) is 20.1 Å². The lowest BCUT2D eigenvalue weighted by Crippen LogP contribution is -2.33. The van der Waals surface area contributed by atoms with Gasteiger partial charge in [-0.25, -0.2) is 9.67 Å². The first-order valence-corrected chi connectivity index (χ1v) is 7.11. The van der Waals surface area contributed by atoms with Crippen molar-refractivity contribution in [3.63, 3.8) is 0 Å². The summed E-state index contributed by atoms with van der Waals surface area (Å²) < 4.78 is 1.95. The Morgan fingerprint density at radius 1 is 1.33 bits per heavy atom. The van der Waals surface area contributed by atoms with E-state index in [0.29, 0.717) is 5.92 Å². The van der Waals surface area contributed by atoms with E-state index in [-0.39, 0.29) is 6.17 Å². The molecule has 2 aliphatic rings. The fourth-order valence-corrected chi connectivity index (χ4v) is 3.22. The molecule has 18 heavy (non-hydrogen) atoms. The monoisotopic (exact) mass is 249 g/mol. The molecule has 3 rings (SSSR count). The summed E-state index contributed by atoms with van der Waals surface area (Å²) in [6, 6.07) is 0. The van der Waals surface area contributed by atoms with Crippen LogP contribution in [0, 0.1) is 5.92 Å². The highest BCUT2D eigenvalue weighted by molar-refractivity contribution is 4.99. The summed E-state index contributed by atoms with van der Waals surface area (Å²) in [6.07, 6.45) is 6.87. The Labute approximate surface area is 108 Å². The first kappa shape index (κ1) is 12.1. The number of hydrogen-bond donors (Lipinski definition) is 1. The van der Waals surface area contributed by atoms with Crippen molar-refractivity contribution in [3.8, 4) is 0 Å². The third-order valence-corrected chi connectivity index (χ3v) is 4.15. The van der Waals surface area contributed by atoms with Crippen molar-refractivity contribution in [3.05, 3.63) is 11.6 Å². The standard InChI is InChI=1S/C13H23N5/c1-17-7-3-4-10(9-17)8-12-15-13-6-2-5-11(14)18(13)16-12/h10-11H,2-9,14H2,1H3. The van der Waals surface area contributed by atoms with Crippen LogP contribution in [0.3, 0.4) is 0 Å². The number of nitrogens with two attached hydrogens (primary N) is 1. The second kappa shape index (κ2) is 4.97. The largest absolute Gasteiger partial charge is 0.310 e. The topological polar surface area (TPSA) is 60.0 Å². The molecule has 0 bridgehead atoms. The lowest BCUT2D eigenvalue weighted by molar-refractivity contribution is 0.207. The molecular weight excluding hydrogens is 226 g/mol. The van der Waals surface area contributed by atoms with Crippen molar-refractivity contribution in [2.24, 2.45) is 11.7 Å². The maximum absolute atomic E-state index is 6.07. The van der Waals surface area contributed by atoms with E-state index < -0.39 is 0 Å². The molecule has 3 heterocycles. The lowest BCUT2D eigenvalue weighted by atomic mass is 9.95. The van der Waals surface area contributed by atoms with Gasteiger partial charge in [0.05, 0.1) is 0 Å². The van der Waals surface area contributed by atoms with E-state index in [2.05, 4.69) is 22.0 Å². The van der Waals surface area contributed by atoms with E-state index in [4.69, 9.17) is 5.73 Å². The molecule has 1 aromatic heterocycles. The Bertz CT molecular complexity index is 414. The summed E-state index contributed by atoms with van der Waals surface area (Å²) in [6.45, 7) is 2.41. The Kier molecular flexibility index (Phi) is 3.35. The molecule has 0 spiro atoms. The molecule has 0 aliphatic carbocycles. The van der Waals surface area contributed by atoms with Crippen molar-refractivity contribution < 1.29 is 0 Å². The van der Waals surface area contributed by atoms with E-state index in [1.165, 1.54) is 25.9 Å². The zero-order chi connectivity index (χ0) is 12.5. The molecule has 2 N–H and O–H groups in total. The normalized spacial score (nSPS) is 29.2. The second-order valence-corrected chi connectivity index (χ2v) is 5.82. The van der Waals surface area contributed by atoms with Crippen LogP contribution >= 0.6 is 0 Å². The highest BCUT2D eigenvalue weighted by Crippen LogP contribution is 2.22. The van der Waals surface area contributed by atoms with E-state index in [1.54, 1.807) is 0 Å². The molecule has 2 unspecified atom stereocenters. The number of aryl methyl sites for hydroxylation is 1. The molecule has 5 heteroatoms. The zero-order valence-electron chi connectivity index (χ0n) is 11.2. The number of likely N-dealkylation sites (tertiary alicyclic amines) is 1. The molecule has 0 aromatic carbocycles. The average Bonchev–Trinajstić information content (AvgIpc) is 2.73. The van der Waals surface area contributed by atoms with Gasteiger partial charge in [-0.3, -0.25) is 0 Å². The van der Waals surface area contributed by atoms with E-state index in [9.17, 15) is 0 Å². The number of hydrogen-bond acceptors (Lipinski definition) is 4. The van der Waals surface area contributed by atoms with Gasteiger partial charge in [-0.2, -0.15) is 5.10 Å². The van der Waals surface area contributed by atoms with Crippen molar-refractivity contribution >= 4 is 0 Å².